The highest BCUT2D eigenvalue weighted by Gasteiger charge is 2.17. The molecule has 76 valence electrons. The van der Waals surface area contributed by atoms with Crippen LogP contribution in [-0.2, 0) is 0 Å². The van der Waals surface area contributed by atoms with Gasteiger partial charge in [0.15, 0.2) is 0 Å². The fourth-order valence-electron chi connectivity index (χ4n) is 0.892. The maximum absolute atomic E-state index is 12.2. The Morgan fingerprint density at radius 1 is 1.50 bits per heavy atom. The highest BCUT2D eigenvalue weighted by atomic mass is 35.5. The van der Waals surface area contributed by atoms with Crippen LogP contribution in [-0.4, -0.2) is 10.2 Å². The van der Waals surface area contributed by atoms with E-state index in [1.807, 2.05) is 0 Å². The smallest absolute Gasteiger partial charge is 0.273 e. The van der Waals surface area contributed by atoms with E-state index in [4.69, 9.17) is 23.1 Å². The normalized spacial score (nSPS) is 10.6. The van der Waals surface area contributed by atoms with E-state index in [9.17, 15) is 13.6 Å². The second-order valence-electron chi connectivity index (χ2n) is 2.48. The summed E-state index contributed by atoms with van der Waals surface area (Å²) in [5.74, 6) is -0.446. The third-order valence-corrected chi connectivity index (χ3v) is 1.71. The van der Waals surface area contributed by atoms with Gasteiger partial charge >= 0.3 is 0 Å². The summed E-state index contributed by atoms with van der Waals surface area (Å²) in [5.41, 5.74) is 9.41. The van der Waals surface area contributed by atoms with Crippen LogP contribution < -0.4 is 11.5 Å². The first-order chi connectivity index (χ1) is 6.43. The molecule has 0 radical (unpaired) electrons. The molecular weight excluding hydrogens is 216 g/mol. The van der Waals surface area contributed by atoms with Gasteiger partial charge in [0, 0.05) is 0 Å². The van der Waals surface area contributed by atoms with Gasteiger partial charge in [0.25, 0.3) is 11.7 Å². The molecule has 1 aromatic heterocycles. The summed E-state index contributed by atoms with van der Waals surface area (Å²) in [7, 11) is 0. The van der Waals surface area contributed by atoms with Crippen LogP contribution in [0.2, 0.25) is 0 Å². The predicted octanol–water partition coefficient (Wildman–Crippen LogP) is 1.56. The molecule has 1 rings (SSSR count). The van der Waals surface area contributed by atoms with Crippen LogP contribution in [0.4, 0.5) is 20.3 Å². The molecule has 14 heavy (non-hydrogen) atoms. The molecule has 0 saturated heterocycles. The van der Waals surface area contributed by atoms with E-state index >= 15 is 0 Å². The summed E-state index contributed by atoms with van der Waals surface area (Å²) < 4.78 is 24.5. The van der Waals surface area contributed by atoms with Crippen molar-refractivity contribution < 1.29 is 13.6 Å². The van der Waals surface area contributed by atoms with Crippen molar-refractivity contribution >= 4 is 28.3 Å². The molecular formula is C7H6ClF2N3O. The van der Waals surface area contributed by atoms with E-state index in [1.54, 1.807) is 0 Å². The number of aromatic nitrogens is 1. The Bertz CT molecular complexity index is 383. The number of pyridine rings is 1. The fraction of sp³-hybridized carbons (Fsp3) is 0.143. The Balaban J connectivity index is 3.31. The van der Waals surface area contributed by atoms with Crippen molar-refractivity contribution in [3.8, 4) is 0 Å². The van der Waals surface area contributed by atoms with Gasteiger partial charge < -0.3 is 11.5 Å². The maximum atomic E-state index is 12.2. The number of hydrogen-bond acceptors (Lipinski definition) is 4. The van der Waals surface area contributed by atoms with Gasteiger partial charge in [-0.25, -0.2) is 13.8 Å². The van der Waals surface area contributed by atoms with E-state index in [2.05, 4.69) is 4.98 Å². The number of anilines is 2. The van der Waals surface area contributed by atoms with Crippen molar-refractivity contribution in [2.75, 3.05) is 11.5 Å². The molecule has 0 aliphatic heterocycles. The maximum Gasteiger partial charge on any atom is 0.273 e. The number of carbonyl (C=O) groups excluding carboxylic acids is 1. The van der Waals surface area contributed by atoms with E-state index in [0.717, 1.165) is 6.07 Å². The van der Waals surface area contributed by atoms with Crippen molar-refractivity contribution in [2.45, 2.75) is 6.43 Å². The van der Waals surface area contributed by atoms with Gasteiger partial charge in [-0.3, -0.25) is 4.79 Å². The monoisotopic (exact) mass is 221 g/mol. The number of alkyl halides is 2. The first-order valence-corrected chi connectivity index (χ1v) is 3.85. The minimum absolute atomic E-state index is 0.213. The minimum atomic E-state index is -2.79. The highest BCUT2D eigenvalue weighted by Crippen LogP contribution is 2.27. The lowest BCUT2D eigenvalue weighted by Gasteiger charge is -2.06. The van der Waals surface area contributed by atoms with Crippen LogP contribution >= 0.6 is 11.6 Å². The molecule has 0 amide bonds. The molecule has 0 fully saturated rings. The van der Waals surface area contributed by atoms with E-state index in [-0.39, 0.29) is 11.4 Å². The molecule has 0 aromatic carbocycles. The summed E-state index contributed by atoms with van der Waals surface area (Å²) in [6.07, 6.45) is -2.79. The molecule has 0 aliphatic rings. The van der Waals surface area contributed by atoms with Crippen molar-refractivity contribution in [1.29, 1.82) is 0 Å². The quantitative estimate of drug-likeness (QED) is 0.743. The van der Waals surface area contributed by atoms with Crippen LogP contribution in [0.5, 0.6) is 0 Å². The predicted molar refractivity (Wildman–Crippen MR) is 48.2 cm³/mol. The molecule has 1 aromatic rings. The molecule has 0 unspecified atom stereocenters. The second kappa shape index (κ2) is 3.75. The number of rotatable bonds is 2. The zero-order valence-electron chi connectivity index (χ0n) is 6.80. The Morgan fingerprint density at radius 2 is 2.07 bits per heavy atom. The highest BCUT2D eigenvalue weighted by molar-refractivity contribution is 6.68. The average molecular weight is 222 g/mol. The first-order valence-electron chi connectivity index (χ1n) is 3.47. The zero-order valence-corrected chi connectivity index (χ0v) is 7.55. The summed E-state index contributed by atoms with van der Waals surface area (Å²) in [4.78, 5) is 14.1. The summed E-state index contributed by atoms with van der Waals surface area (Å²) >= 11 is 5.09. The van der Waals surface area contributed by atoms with Crippen molar-refractivity contribution in [3.05, 3.63) is 17.3 Å². The Morgan fingerprint density at radius 3 is 2.50 bits per heavy atom. The lowest BCUT2D eigenvalue weighted by molar-refractivity contribution is 0.107. The largest absolute Gasteiger partial charge is 0.397 e. The lowest BCUT2D eigenvalue weighted by Crippen LogP contribution is -2.07. The Labute approximate surface area is 82.9 Å². The molecule has 1 heterocycles. The minimum Gasteiger partial charge on any atom is -0.397 e. The van der Waals surface area contributed by atoms with Crippen molar-refractivity contribution in [1.82, 2.24) is 4.98 Å². The molecule has 4 nitrogen and oxygen atoms in total. The molecule has 0 atom stereocenters. The van der Waals surface area contributed by atoms with Gasteiger partial charge in [0.1, 0.15) is 11.5 Å². The number of nitrogens with zero attached hydrogens (tertiary/aromatic N) is 1. The third-order valence-electron chi connectivity index (χ3n) is 1.53. The SMILES string of the molecule is Nc1cc(C(F)F)c(N)nc1C(=O)Cl. The first kappa shape index (κ1) is 10.6. The fourth-order valence-corrected chi connectivity index (χ4v) is 1.04. The molecule has 0 aliphatic carbocycles. The van der Waals surface area contributed by atoms with Crippen LogP contribution in [0.1, 0.15) is 22.5 Å². The number of halogens is 3. The topological polar surface area (TPSA) is 82.0 Å². The second-order valence-corrected chi connectivity index (χ2v) is 2.82. The number of hydrogen-bond donors (Lipinski definition) is 2. The third kappa shape index (κ3) is 1.90. The van der Waals surface area contributed by atoms with Gasteiger partial charge in [-0.15, -0.1) is 0 Å². The van der Waals surface area contributed by atoms with Gasteiger partial charge in [-0.1, -0.05) is 0 Å². The molecule has 0 saturated carbocycles. The van der Waals surface area contributed by atoms with Crippen molar-refractivity contribution in [2.24, 2.45) is 0 Å². The number of carbonyl (C=O) groups is 1. The zero-order chi connectivity index (χ0) is 10.9. The van der Waals surface area contributed by atoms with Gasteiger partial charge in [-0.2, -0.15) is 0 Å². The van der Waals surface area contributed by atoms with Crippen LogP contribution in [0.15, 0.2) is 6.07 Å². The molecule has 7 heteroatoms. The number of nitrogens with two attached hydrogens (primary N) is 2. The van der Waals surface area contributed by atoms with E-state index in [0.29, 0.717) is 0 Å². The van der Waals surface area contributed by atoms with Crippen LogP contribution in [0, 0.1) is 0 Å². The average Bonchev–Trinajstić information content (AvgIpc) is 2.07. The number of nitrogen functional groups attached to an aromatic ring is 2. The summed E-state index contributed by atoms with van der Waals surface area (Å²) in [5, 5.41) is -0.935. The lowest BCUT2D eigenvalue weighted by atomic mass is 10.2. The standard InChI is InChI=1S/C7H6ClF2N3O/c8-5(14)4-3(11)1-2(6(9)10)7(12)13-4/h1,6H,11H2,(H2,12,13). The van der Waals surface area contributed by atoms with Gasteiger partial charge in [0.05, 0.1) is 11.3 Å². The summed E-state index contributed by atoms with van der Waals surface area (Å²) in [6, 6.07) is 0.891. The van der Waals surface area contributed by atoms with Crippen LogP contribution in [0.3, 0.4) is 0 Å². The molecule has 4 N–H and O–H groups in total. The molecule has 0 bridgehead atoms. The van der Waals surface area contributed by atoms with E-state index < -0.39 is 23.0 Å². The van der Waals surface area contributed by atoms with Gasteiger partial charge in [0.2, 0.25) is 0 Å². The van der Waals surface area contributed by atoms with E-state index in [1.165, 1.54) is 0 Å². The van der Waals surface area contributed by atoms with Crippen molar-refractivity contribution in [3.63, 3.8) is 0 Å². The van der Waals surface area contributed by atoms with Gasteiger partial charge in [-0.05, 0) is 17.7 Å². The summed E-state index contributed by atoms with van der Waals surface area (Å²) in [6.45, 7) is 0. The van der Waals surface area contributed by atoms with Crippen LogP contribution in [0.25, 0.3) is 0 Å². The molecule has 0 spiro atoms. The Hall–Kier alpha value is -1.43. The Kier molecular flexibility index (Phi) is 2.85.